The summed E-state index contributed by atoms with van der Waals surface area (Å²) in [5.74, 6) is 0.0908. The number of nitrogens with one attached hydrogen (secondary N) is 1. The van der Waals surface area contributed by atoms with E-state index in [1.807, 2.05) is 19.1 Å². The van der Waals surface area contributed by atoms with E-state index in [1.165, 1.54) is 5.56 Å². The van der Waals surface area contributed by atoms with Crippen LogP contribution in [0.2, 0.25) is 0 Å². The Morgan fingerprint density at radius 2 is 2.27 bits per heavy atom. The minimum Gasteiger partial charge on any atom is -0.384 e. The summed E-state index contributed by atoms with van der Waals surface area (Å²) in [6.07, 6.45) is 0.888. The van der Waals surface area contributed by atoms with E-state index in [0.29, 0.717) is 0 Å². The molecule has 0 fully saturated rings. The average Bonchev–Trinajstić information content (AvgIpc) is 2.22. The fourth-order valence-corrected chi connectivity index (χ4v) is 1.82. The number of anilines is 1. The number of hydrogen-bond acceptors (Lipinski definition) is 2. The molecule has 15 heavy (non-hydrogen) atoms. The van der Waals surface area contributed by atoms with Gasteiger partial charge in [0.2, 0.25) is 0 Å². The van der Waals surface area contributed by atoms with Gasteiger partial charge >= 0.3 is 0 Å². The smallest absolute Gasteiger partial charge is 0.0674 e. The topological polar surface area (TPSA) is 35.8 Å². The third-order valence-electron chi connectivity index (χ3n) is 2.40. The molecule has 0 saturated carbocycles. The van der Waals surface area contributed by atoms with E-state index in [2.05, 4.69) is 40.3 Å². The molecule has 1 unspecified atom stereocenters. The summed E-state index contributed by atoms with van der Waals surface area (Å²) in [6.45, 7) is 4.81. The van der Waals surface area contributed by atoms with Crippen molar-refractivity contribution in [1.82, 2.24) is 0 Å². The van der Waals surface area contributed by atoms with Gasteiger partial charge in [0.1, 0.15) is 0 Å². The highest BCUT2D eigenvalue weighted by atomic mass is 79.9. The van der Waals surface area contributed by atoms with E-state index in [4.69, 9.17) is 5.26 Å². The van der Waals surface area contributed by atoms with Crippen LogP contribution in [-0.4, -0.2) is 6.54 Å². The first kappa shape index (κ1) is 12.1. The Labute approximate surface area is 99.4 Å². The highest BCUT2D eigenvalue weighted by molar-refractivity contribution is 9.10. The standard InChI is InChI=1S/C12H15BrN2/c1-3-10(7-14)8-15-12-5-4-11(13)6-9(12)2/h4-6,10,15H,3,8H2,1-2H3. The molecule has 0 heterocycles. The van der Waals surface area contributed by atoms with Crippen molar-refractivity contribution in [2.24, 2.45) is 5.92 Å². The molecular formula is C12H15BrN2. The number of halogens is 1. The van der Waals surface area contributed by atoms with Crippen LogP contribution < -0.4 is 5.32 Å². The van der Waals surface area contributed by atoms with Crippen LogP contribution in [0.3, 0.4) is 0 Å². The van der Waals surface area contributed by atoms with E-state index < -0.39 is 0 Å². The Morgan fingerprint density at radius 1 is 1.53 bits per heavy atom. The van der Waals surface area contributed by atoms with Crippen molar-refractivity contribution < 1.29 is 0 Å². The van der Waals surface area contributed by atoms with Gasteiger partial charge < -0.3 is 5.32 Å². The molecule has 80 valence electrons. The zero-order valence-corrected chi connectivity index (χ0v) is 10.6. The van der Waals surface area contributed by atoms with Crippen molar-refractivity contribution >= 4 is 21.6 Å². The predicted molar refractivity (Wildman–Crippen MR) is 66.8 cm³/mol. The second-order valence-corrected chi connectivity index (χ2v) is 4.49. The van der Waals surface area contributed by atoms with E-state index in [9.17, 15) is 0 Å². The summed E-state index contributed by atoms with van der Waals surface area (Å²) in [4.78, 5) is 0. The summed E-state index contributed by atoms with van der Waals surface area (Å²) in [5, 5.41) is 12.1. The van der Waals surface area contributed by atoms with Crippen LogP contribution in [0.5, 0.6) is 0 Å². The molecule has 0 amide bonds. The van der Waals surface area contributed by atoms with Gasteiger partial charge in [-0.05, 0) is 37.1 Å². The molecule has 0 aliphatic heterocycles. The lowest BCUT2D eigenvalue weighted by atomic mass is 10.1. The molecule has 1 aromatic rings. The van der Waals surface area contributed by atoms with Gasteiger partial charge in [0.15, 0.2) is 0 Å². The van der Waals surface area contributed by atoms with Crippen molar-refractivity contribution in [2.45, 2.75) is 20.3 Å². The molecule has 0 saturated heterocycles. The van der Waals surface area contributed by atoms with Gasteiger partial charge in [0.05, 0.1) is 12.0 Å². The van der Waals surface area contributed by atoms with Crippen LogP contribution in [-0.2, 0) is 0 Å². The quantitative estimate of drug-likeness (QED) is 0.902. The molecule has 1 atom stereocenters. The van der Waals surface area contributed by atoms with Gasteiger partial charge in [-0.2, -0.15) is 5.26 Å². The Morgan fingerprint density at radius 3 is 2.80 bits per heavy atom. The molecule has 0 aliphatic carbocycles. The van der Waals surface area contributed by atoms with Crippen molar-refractivity contribution in [2.75, 3.05) is 11.9 Å². The first-order valence-corrected chi connectivity index (χ1v) is 5.86. The maximum atomic E-state index is 8.82. The number of rotatable bonds is 4. The summed E-state index contributed by atoms with van der Waals surface area (Å²) >= 11 is 3.42. The SMILES string of the molecule is CCC(C#N)CNc1ccc(Br)cc1C. The van der Waals surface area contributed by atoms with Crippen molar-refractivity contribution in [1.29, 1.82) is 5.26 Å². The molecule has 3 heteroatoms. The van der Waals surface area contributed by atoms with Gasteiger partial charge in [-0.25, -0.2) is 0 Å². The van der Waals surface area contributed by atoms with Crippen molar-refractivity contribution in [3.8, 4) is 6.07 Å². The molecule has 0 spiro atoms. The molecule has 1 aromatic carbocycles. The van der Waals surface area contributed by atoms with Crippen LogP contribution in [0.25, 0.3) is 0 Å². The lowest BCUT2D eigenvalue weighted by molar-refractivity contribution is 0.674. The first-order chi connectivity index (χ1) is 7.17. The molecule has 0 bridgehead atoms. The second kappa shape index (κ2) is 5.77. The first-order valence-electron chi connectivity index (χ1n) is 5.07. The zero-order valence-electron chi connectivity index (χ0n) is 9.05. The average molecular weight is 267 g/mol. The predicted octanol–water partition coefficient (Wildman–Crippen LogP) is 3.72. The normalized spacial score (nSPS) is 11.9. The Kier molecular flexibility index (Phi) is 4.64. The third kappa shape index (κ3) is 3.56. The summed E-state index contributed by atoms with van der Waals surface area (Å²) in [7, 11) is 0. The van der Waals surface area contributed by atoms with Crippen LogP contribution in [0.4, 0.5) is 5.69 Å². The van der Waals surface area contributed by atoms with Gasteiger partial charge in [-0.3, -0.25) is 0 Å². The summed E-state index contributed by atoms with van der Waals surface area (Å²) < 4.78 is 1.08. The highest BCUT2D eigenvalue weighted by Gasteiger charge is 2.04. The molecule has 0 aliphatic rings. The van der Waals surface area contributed by atoms with Crippen LogP contribution in [0.15, 0.2) is 22.7 Å². The second-order valence-electron chi connectivity index (χ2n) is 3.57. The number of aryl methyl sites for hydroxylation is 1. The van der Waals surface area contributed by atoms with Crippen molar-refractivity contribution in [3.05, 3.63) is 28.2 Å². The largest absolute Gasteiger partial charge is 0.384 e. The van der Waals surface area contributed by atoms with Crippen LogP contribution in [0, 0.1) is 24.2 Å². The van der Waals surface area contributed by atoms with Gasteiger partial charge in [-0.1, -0.05) is 22.9 Å². The fraction of sp³-hybridized carbons (Fsp3) is 0.417. The number of nitriles is 1. The minimum atomic E-state index is 0.0908. The molecule has 0 aromatic heterocycles. The van der Waals surface area contributed by atoms with Gasteiger partial charge in [-0.15, -0.1) is 0 Å². The minimum absolute atomic E-state index is 0.0908. The Balaban J connectivity index is 2.62. The maximum Gasteiger partial charge on any atom is 0.0674 e. The molecule has 1 N–H and O–H groups in total. The number of benzene rings is 1. The van der Waals surface area contributed by atoms with Crippen LogP contribution >= 0.6 is 15.9 Å². The van der Waals surface area contributed by atoms with Crippen molar-refractivity contribution in [3.63, 3.8) is 0 Å². The Hall–Kier alpha value is -1.01. The maximum absolute atomic E-state index is 8.82. The van der Waals surface area contributed by atoms with E-state index in [-0.39, 0.29) is 5.92 Å². The van der Waals surface area contributed by atoms with Gasteiger partial charge in [0, 0.05) is 16.7 Å². The fourth-order valence-electron chi connectivity index (χ4n) is 1.34. The highest BCUT2D eigenvalue weighted by Crippen LogP contribution is 2.20. The summed E-state index contributed by atoms with van der Waals surface area (Å²) in [6, 6.07) is 8.38. The monoisotopic (exact) mass is 266 g/mol. The van der Waals surface area contributed by atoms with Gasteiger partial charge in [0.25, 0.3) is 0 Å². The summed E-state index contributed by atoms with van der Waals surface area (Å²) in [5.41, 5.74) is 2.30. The molecule has 0 radical (unpaired) electrons. The van der Waals surface area contributed by atoms with Crippen LogP contribution in [0.1, 0.15) is 18.9 Å². The molecule has 1 rings (SSSR count). The number of hydrogen-bond donors (Lipinski definition) is 1. The van der Waals surface area contributed by atoms with E-state index in [0.717, 1.165) is 23.1 Å². The molecular weight excluding hydrogens is 252 g/mol. The number of nitrogens with zero attached hydrogens (tertiary/aromatic N) is 1. The Bertz CT molecular complexity index is 368. The lowest BCUT2D eigenvalue weighted by Crippen LogP contribution is -2.12. The third-order valence-corrected chi connectivity index (χ3v) is 2.90. The van der Waals surface area contributed by atoms with E-state index in [1.54, 1.807) is 0 Å². The zero-order chi connectivity index (χ0) is 11.3. The lowest BCUT2D eigenvalue weighted by Gasteiger charge is -2.12. The van der Waals surface area contributed by atoms with E-state index >= 15 is 0 Å². The molecule has 2 nitrogen and oxygen atoms in total.